The molecule has 0 heterocycles. The minimum absolute atomic E-state index is 0.00869. The quantitative estimate of drug-likeness (QED) is 0.280. The molecule has 0 saturated heterocycles. The third kappa shape index (κ3) is 4.52. The van der Waals surface area contributed by atoms with Gasteiger partial charge in [0, 0.05) is 31.6 Å². The molecule has 0 amide bonds. The summed E-state index contributed by atoms with van der Waals surface area (Å²) in [5.41, 5.74) is -0.923. The lowest BCUT2D eigenvalue weighted by molar-refractivity contribution is -0.215. The predicted octanol–water partition coefficient (Wildman–Crippen LogP) is 4.70. The van der Waals surface area contributed by atoms with Crippen LogP contribution in [0.25, 0.3) is 0 Å². The smallest absolute Gasteiger partial charge is 0.305 e. The number of rotatable bonds is 6. The summed E-state index contributed by atoms with van der Waals surface area (Å²) in [6.45, 7) is 11.4. The van der Waals surface area contributed by atoms with Crippen molar-refractivity contribution in [2.24, 2.45) is 52.3 Å². The van der Waals surface area contributed by atoms with Crippen LogP contribution in [0.3, 0.4) is 0 Å². The van der Waals surface area contributed by atoms with Gasteiger partial charge in [0.05, 0.1) is 15.0 Å². The molecule has 7 nitrogen and oxygen atoms in total. The first-order valence-corrected chi connectivity index (χ1v) is 14.5. The predicted molar refractivity (Wildman–Crippen MR) is 142 cm³/mol. The monoisotopic (exact) mass is 528 g/mol. The Labute approximate surface area is 228 Å². The molecule has 4 fully saturated rings. The fourth-order valence-electron chi connectivity index (χ4n) is 9.99. The van der Waals surface area contributed by atoms with Gasteiger partial charge in [0.1, 0.15) is 18.0 Å². The van der Waals surface area contributed by atoms with Crippen LogP contribution >= 0.6 is 0 Å². The number of esters is 3. The van der Waals surface area contributed by atoms with Crippen LogP contribution in [0, 0.1) is 52.3 Å². The number of carbonyl (C=O) groups excluding carboxylic acids is 4. The second kappa shape index (κ2) is 10.6. The molecule has 4 aliphatic carbocycles. The molecule has 12 atom stereocenters. The van der Waals surface area contributed by atoms with Crippen molar-refractivity contribution in [1.82, 2.24) is 0 Å². The van der Waals surface area contributed by atoms with Crippen molar-refractivity contribution < 1.29 is 33.4 Å². The molecule has 4 saturated carbocycles. The molecule has 4 aliphatic rings. The Hall–Kier alpha value is -1.86. The van der Waals surface area contributed by atoms with Gasteiger partial charge >= 0.3 is 17.9 Å². The lowest BCUT2D eigenvalue weighted by Gasteiger charge is -2.66. The summed E-state index contributed by atoms with van der Waals surface area (Å²) in [6.07, 6.45) is 4.48. The standard InChI is InChI=1S/C30H45BO7/c1-8-19-22-14-18(37-16(3)32)11-12-29(22,5)25-24(27(19)38-17(4)33)21-10-9-20(15(2)13-23(34)36-7)30(21,6)28(35)26(25)31/h15,18-22,24-27H,8-14H2,1-7H3/t15-,18-,19-,20-,21?,22+,24?,25?,26+,27-,29+,30-/m1/s1. The van der Waals surface area contributed by atoms with Crippen LogP contribution in [-0.2, 0) is 33.4 Å². The number of ether oxygens (including phenoxy) is 3. The molecule has 0 spiro atoms. The van der Waals surface area contributed by atoms with Crippen LogP contribution in [0.4, 0.5) is 0 Å². The van der Waals surface area contributed by atoms with Crippen LogP contribution in [-0.4, -0.2) is 50.9 Å². The highest BCUT2D eigenvalue weighted by Gasteiger charge is 2.70. The first-order chi connectivity index (χ1) is 17.8. The summed E-state index contributed by atoms with van der Waals surface area (Å²) in [6, 6.07) is 0. The highest BCUT2D eigenvalue weighted by molar-refractivity contribution is 6.26. The zero-order chi connectivity index (χ0) is 28.2. The second-order valence-electron chi connectivity index (χ2n) is 13.1. The van der Waals surface area contributed by atoms with E-state index < -0.39 is 11.2 Å². The van der Waals surface area contributed by atoms with Gasteiger partial charge in [-0.3, -0.25) is 19.2 Å². The molecular weight excluding hydrogens is 483 g/mol. The van der Waals surface area contributed by atoms with Crippen molar-refractivity contribution in [2.75, 3.05) is 7.11 Å². The summed E-state index contributed by atoms with van der Waals surface area (Å²) in [7, 11) is 8.38. The third-order valence-electron chi connectivity index (χ3n) is 11.4. The van der Waals surface area contributed by atoms with Crippen LogP contribution in [0.15, 0.2) is 0 Å². The fraction of sp³-hybridized carbons (Fsp3) is 0.867. The van der Waals surface area contributed by atoms with Crippen LogP contribution in [0.2, 0.25) is 5.82 Å². The van der Waals surface area contributed by atoms with E-state index in [-0.39, 0.29) is 89.2 Å². The van der Waals surface area contributed by atoms with Gasteiger partial charge in [-0.2, -0.15) is 0 Å². The number of hydrogen-bond donors (Lipinski definition) is 0. The number of Topliss-reactive ketones (excluding diaryl/α,β-unsaturated/α-hetero) is 1. The maximum atomic E-state index is 14.3. The Balaban J connectivity index is 1.78. The topological polar surface area (TPSA) is 96.0 Å². The Morgan fingerprint density at radius 1 is 1.05 bits per heavy atom. The summed E-state index contributed by atoms with van der Waals surface area (Å²) in [5.74, 6) is -1.42. The lowest BCUT2D eigenvalue weighted by Crippen LogP contribution is -2.66. The van der Waals surface area contributed by atoms with Gasteiger partial charge in [-0.05, 0) is 85.3 Å². The van der Waals surface area contributed by atoms with Gasteiger partial charge in [0.25, 0.3) is 0 Å². The van der Waals surface area contributed by atoms with Crippen molar-refractivity contribution in [1.29, 1.82) is 0 Å². The molecule has 4 rings (SSSR count). The molecule has 0 aromatic heterocycles. The van der Waals surface area contributed by atoms with Gasteiger partial charge < -0.3 is 14.2 Å². The Kier molecular flexibility index (Phi) is 8.13. The maximum Gasteiger partial charge on any atom is 0.305 e. The average Bonchev–Trinajstić information content (AvgIpc) is 3.20. The van der Waals surface area contributed by atoms with E-state index >= 15 is 0 Å². The van der Waals surface area contributed by atoms with E-state index in [1.807, 2.05) is 6.92 Å². The molecule has 2 radical (unpaired) electrons. The largest absolute Gasteiger partial charge is 0.469 e. The van der Waals surface area contributed by atoms with E-state index in [9.17, 15) is 19.2 Å². The van der Waals surface area contributed by atoms with E-state index in [1.54, 1.807) is 0 Å². The number of ketones is 1. The summed E-state index contributed by atoms with van der Waals surface area (Å²) >= 11 is 0. The van der Waals surface area contributed by atoms with Gasteiger partial charge in [0.15, 0.2) is 0 Å². The third-order valence-corrected chi connectivity index (χ3v) is 11.4. The van der Waals surface area contributed by atoms with Crippen molar-refractivity contribution in [3.63, 3.8) is 0 Å². The van der Waals surface area contributed by atoms with E-state index in [0.29, 0.717) is 6.42 Å². The van der Waals surface area contributed by atoms with Crippen molar-refractivity contribution in [3.8, 4) is 0 Å². The average molecular weight is 528 g/mol. The minimum Gasteiger partial charge on any atom is -0.469 e. The summed E-state index contributed by atoms with van der Waals surface area (Å²) in [4.78, 5) is 50.8. The van der Waals surface area contributed by atoms with Crippen molar-refractivity contribution >= 4 is 31.5 Å². The molecule has 38 heavy (non-hydrogen) atoms. The molecular formula is C30H45BO7. The molecule has 8 heteroatoms. The number of fused-ring (bicyclic) bond motifs is 5. The number of carbonyl (C=O) groups is 4. The van der Waals surface area contributed by atoms with Gasteiger partial charge in [-0.1, -0.05) is 27.7 Å². The highest BCUT2D eigenvalue weighted by Crippen LogP contribution is 2.71. The van der Waals surface area contributed by atoms with E-state index in [4.69, 9.17) is 22.1 Å². The van der Waals surface area contributed by atoms with E-state index in [0.717, 1.165) is 32.1 Å². The minimum atomic E-state index is -0.692. The number of methoxy groups -OCH3 is 1. The van der Waals surface area contributed by atoms with Gasteiger partial charge in [-0.25, -0.2) is 0 Å². The zero-order valence-corrected chi connectivity index (χ0v) is 24.2. The normalized spacial score (nSPS) is 44.7. The summed E-state index contributed by atoms with van der Waals surface area (Å²) < 4.78 is 16.8. The lowest BCUT2D eigenvalue weighted by atomic mass is 9.36. The Bertz CT molecular complexity index is 966. The molecule has 0 aliphatic heterocycles. The molecule has 0 N–H and O–H groups in total. The van der Waals surface area contributed by atoms with E-state index in [2.05, 4.69) is 20.8 Å². The highest BCUT2D eigenvalue weighted by atomic mass is 16.5. The fourth-order valence-corrected chi connectivity index (χ4v) is 9.99. The first-order valence-electron chi connectivity index (χ1n) is 14.5. The van der Waals surface area contributed by atoms with Gasteiger partial charge in [0.2, 0.25) is 0 Å². The zero-order valence-electron chi connectivity index (χ0n) is 24.2. The number of hydrogen-bond acceptors (Lipinski definition) is 7. The maximum absolute atomic E-state index is 14.3. The second-order valence-corrected chi connectivity index (χ2v) is 13.1. The molecule has 0 aromatic carbocycles. The molecule has 210 valence electrons. The van der Waals surface area contributed by atoms with Crippen LogP contribution in [0.5, 0.6) is 0 Å². The Morgan fingerprint density at radius 2 is 1.71 bits per heavy atom. The molecule has 0 aromatic rings. The molecule has 0 bridgehead atoms. The summed E-state index contributed by atoms with van der Waals surface area (Å²) in [5, 5.41) is 0. The SMILES string of the molecule is [B][C@@H]1C(=O)[C@@]2(C)C(CC[C@@H]2[C@H](C)CC(=O)OC)C2C1[C@@]1(C)CC[C@@H](OC(C)=O)C[C@H]1[C@@H](CC)[C@H]2OC(C)=O. The van der Waals surface area contributed by atoms with Crippen molar-refractivity contribution in [2.45, 2.75) is 105 Å². The van der Waals surface area contributed by atoms with Crippen LogP contribution in [0.1, 0.15) is 86.5 Å². The molecule has 3 unspecified atom stereocenters. The van der Waals surface area contributed by atoms with Crippen LogP contribution < -0.4 is 0 Å². The Morgan fingerprint density at radius 3 is 2.29 bits per heavy atom. The van der Waals surface area contributed by atoms with Gasteiger partial charge in [-0.15, -0.1) is 0 Å². The first kappa shape index (κ1) is 29.1. The van der Waals surface area contributed by atoms with E-state index in [1.165, 1.54) is 21.0 Å². The van der Waals surface area contributed by atoms with Crippen molar-refractivity contribution in [3.05, 3.63) is 0 Å².